The van der Waals surface area contributed by atoms with Crippen LogP contribution in [0.4, 0.5) is 10.5 Å². The van der Waals surface area contributed by atoms with Crippen molar-refractivity contribution in [2.75, 3.05) is 44.2 Å². The van der Waals surface area contributed by atoms with E-state index < -0.39 is 0 Å². The fraction of sp³-hybridized carbons (Fsp3) is 0.565. The largest absolute Gasteiger partial charge is 0.372 e. The van der Waals surface area contributed by atoms with E-state index in [-0.39, 0.29) is 11.4 Å². The first-order valence-electron chi connectivity index (χ1n) is 11.0. The third-order valence-electron chi connectivity index (χ3n) is 6.95. The topological polar surface area (TPSA) is 44.6 Å². The van der Waals surface area contributed by atoms with Gasteiger partial charge in [0.25, 0.3) is 0 Å². The van der Waals surface area contributed by atoms with Crippen LogP contribution in [0.1, 0.15) is 36.8 Å². The zero-order chi connectivity index (χ0) is 19.8. The molecule has 1 aromatic heterocycles. The summed E-state index contributed by atoms with van der Waals surface area (Å²) in [5.74, 6) is 0. The molecule has 1 unspecified atom stereocenters. The molecule has 3 saturated heterocycles. The summed E-state index contributed by atoms with van der Waals surface area (Å²) in [6, 6.07) is 9.18. The highest BCUT2D eigenvalue weighted by atomic mass is 16.2. The van der Waals surface area contributed by atoms with E-state index in [0.29, 0.717) is 0 Å². The Labute approximate surface area is 173 Å². The minimum atomic E-state index is 0.0194. The van der Waals surface area contributed by atoms with E-state index in [1.165, 1.54) is 48.3 Å². The van der Waals surface area contributed by atoms with E-state index >= 15 is 0 Å². The molecule has 6 heteroatoms. The first kappa shape index (κ1) is 18.7. The molecule has 6 nitrogen and oxygen atoms in total. The van der Waals surface area contributed by atoms with Gasteiger partial charge < -0.3 is 9.80 Å². The van der Waals surface area contributed by atoms with Crippen molar-refractivity contribution in [2.45, 2.75) is 39.2 Å². The first-order valence-corrected chi connectivity index (χ1v) is 11.0. The summed E-state index contributed by atoms with van der Waals surface area (Å²) in [7, 11) is 0. The lowest BCUT2D eigenvalue weighted by atomic mass is 9.86. The lowest BCUT2D eigenvalue weighted by Crippen LogP contribution is -2.36. The van der Waals surface area contributed by atoms with Gasteiger partial charge in [-0.1, -0.05) is 12.1 Å². The molecular weight excluding hydrogens is 362 g/mol. The Morgan fingerprint density at radius 3 is 2.52 bits per heavy atom. The quantitative estimate of drug-likeness (QED) is 0.802. The number of carbonyl (C=O) groups excluding carboxylic acids is 1. The van der Waals surface area contributed by atoms with Gasteiger partial charge in [-0.3, -0.25) is 4.90 Å². The molecule has 1 aromatic carbocycles. The van der Waals surface area contributed by atoms with E-state index in [0.717, 1.165) is 44.7 Å². The molecule has 3 fully saturated rings. The third kappa shape index (κ3) is 3.78. The number of hydrogen-bond acceptors (Lipinski definition) is 4. The maximum atomic E-state index is 12.7. The summed E-state index contributed by atoms with van der Waals surface area (Å²) >= 11 is 0. The molecule has 3 aliphatic heterocycles. The monoisotopic (exact) mass is 393 g/mol. The van der Waals surface area contributed by atoms with Crippen molar-refractivity contribution in [2.24, 2.45) is 5.41 Å². The number of rotatable bonds is 3. The standard InChI is InChI=1S/C23H31N5O/c1-19-14-24-28(15-19)22(29)27-13-9-23(18-27)8-12-25(17-23)16-20-4-6-21(7-5-20)26-10-2-3-11-26/h4-7,14-15H,2-3,8-13,16-18H2,1H3. The normalized spacial score (nSPS) is 24.9. The number of aromatic nitrogens is 2. The van der Waals surface area contributed by atoms with Crippen LogP contribution in [-0.2, 0) is 6.54 Å². The zero-order valence-electron chi connectivity index (χ0n) is 17.4. The molecule has 3 aliphatic rings. The second-order valence-electron chi connectivity index (χ2n) is 9.24. The van der Waals surface area contributed by atoms with Gasteiger partial charge in [-0.15, -0.1) is 0 Å². The Morgan fingerprint density at radius 1 is 1.03 bits per heavy atom. The molecule has 0 N–H and O–H groups in total. The Balaban J connectivity index is 1.17. The molecule has 1 spiro atoms. The van der Waals surface area contributed by atoms with Crippen LogP contribution >= 0.6 is 0 Å². The van der Waals surface area contributed by atoms with Gasteiger partial charge in [-0.05, 0) is 62.4 Å². The summed E-state index contributed by atoms with van der Waals surface area (Å²) in [6.45, 7) is 9.27. The average molecular weight is 394 g/mol. The molecular formula is C23H31N5O. The molecule has 0 radical (unpaired) electrons. The van der Waals surface area contributed by atoms with Crippen molar-refractivity contribution in [1.82, 2.24) is 19.6 Å². The fourth-order valence-electron chi connectivity index (χ4n) is 5.30. The Kier molecular flexibility index (Phi) is 4.82. The van der Waals surface area contributed by atoms with Crippen molar-refractivity contribution in [3.05, 3.63) is 47.8 Å². The minimum absolute atomic E-state index is 0.0194. The van der Waals surface area contributed by atoms with Crippen LogP contribution in [0.15, 0.2) is 36.7 Å². The summed E-state index contributed by atoms with van der Waals surface area (Å²) < 4.78 is 1.49. The van der Waals surface area contributed by atoms with Gasteiger partial charge in [-0.25, -0.2) is 4.79 Å². The number of benzene rings is 1. The van der Waals surface area contributed by atoms with Crippen LogP contribution in [0.3, 0.4) is 0 Å². The molecule has 29 heavy (non-hydrogen) atoms. The molecule has 1 atom stereocenters. The van der Waals surface area contributed by atoms with Gasteiger partial charge in [-0.2, -0.15) is 9.78 Å². The van der Waals surface area contributed by atoms with Crippen molar-refractivity contribution in [3.8, 4) is 0 Å². The van der Waals surface area contributed by atoms with Gasteiger partial charge in [0.1, 0.15) is 0 Å². The minimum Gasteiger partial charge on any atom is -0.372 e. The van der Waals surface area contributed by atoms with Crippen molar-refractivity contribution < 1.29 is 4.79 Å². The van der Waals surface area contributed by atoms with Gasteiger partial charge in [0, 0.05) is 56.6 Å². The van der Waals surface area contributed by atoms with Crippen molar-refractivity contribution in [1.29, 1.82) is 0 Å². The van der Waals surface area contributed by atoms with Crippen molar-refractivity contribution >= 4 is 11.7 Å². The van der Waals surface area contributed by atoms with E-state index in [1.807, 2.05) is 18.0 Å². The van der Waals surface area contributed by atoms with Gasteiger partial charge in [0.05, 0.1) is 6.20 Å². The molecule has 0 saturated carbocycles. The zero-order valence-corrected chi connectivity index (χ0v) is 17.4. The predicted molar refractivity (Wildman–Crippen MR) is 114 cm³/mol. The third-order valence-corrected chi connectivity index (χ3v) is 6.95. The second-order valence-corrected chi connectivity index (χ2v) is 9.24. The average Bonchev–Trinajstić information content (AvgIpc) is 3.52. The second kappa shape index (κ2) is 7.48. The Morgan fingerprint density at radius 2 is 1.79 bits per heavy atom. The molecule has 0 bridgehead atoms. The molecule has 2 aromatic rings. The van der Waals surface area contributed by atoms with Gasteiger partial charge >= 0.3 is 6.03 Å². The van der Waals surface area contributed by atoms with Gasteiger partial charge in [0.2, 0.25) is 0 Å². The maximum absolute atomic E-state index is 12.7. The van der Waals surface area contributed by atoms with E-state index in [9.17, 15) is 4.79 Å². The van der Waals surface area contributed by atoms with Crippen LogP contribution in [-0.4, -0.2) is 64.9 Å². The van der Waals surface area contributed by atoms with Crippen LogP contribution in [0.25, 0.3) is 0 Å². The highest BCUT2D eigenvalue weighted by molar-refractivity contribution is 5.76. The van der Waals surface area contributed by atoms with Crippen LogP contribution < -0.4 is 4.90 Å². The molecule has 0 aliphatic carbocycles. The maximum Gasteiger partial charge on any atom is 0.344 e. The summed E-state index contributed by atoms with van der Waals surface area (Å²) in [4.78, 5) is 19.8. The Bertz CT molecular complexity index is 870. The number of nitrogens with zero attached hydrogens (tertiary/aromatic N) is 5. The SMILES string of the molecule is Cc1cnn(C(=O)N2CCC3(CCN(Cc4ccc(N5CCCC5)cc4)C3)C2)c1. The van der Waals surface area contributed by atoms with E-state index in [4.69, 9.17) is 0 Å². The summed E-state index contributed by atoms with van der Waals surface area (Å²) in [5, 5.41) is 4.19. The molecule has 5 rings (SSSR count). The predicted octanol–water partition coefficient (Wildman–Crippen LogP) is 3.36. The smallest absolute Gasteiger partial charge is 0.344 e. The van der Waals surface area contributed by atoms with E-state index in [1.54, 1.807) is 6.20 Å². The first-order chi connectivity index (χ1) is 14.1. The van der Waals surface area contributed by atoms with Crippen LogP contribution in [0, 0.1) is 12.3 Å². The highest BCUT2D eigenvalue weighted by Crippen LogP contribution is 2.40. The number of hydrogen-bond donors (Lipinski definition) is 0. The Hall–Kier alpha value is -2.34. The highest BCUT2D eigenvalue weighted by Gasteiger charge is 2.44. The summed E-state index contributed by atoms with van der Waals surface area (Å²) in [6.07, 6.45) is 8.48. The fourth-order valence-corrected chi connectivity index (χ4v) is 5.30. The lowest BCUT2D eigenvalue weighted by molar-refractivity contribution is 0.196. The van der Waals surface area contributed by atoms with Crippen molar-refractivity contribution in [3.63, 3.8) is 0 Å². The number of anilines is 1. The molecule has 4 heterocycles. The van der Waals surface area contributed by atoms with Crippen LogP contribution in [0.5, 0.6) is 0 Å². The molecule has 1 amide bonds. The van der Waals surface area contributed by atoms with Gasteiger partial charge in [0.15, 0.2) is 0 Å². The summed E-state index contributed by atoms with van der Waals surface area (Å²) in [5.41, 5.74) is 4.04. The molecule has 154 valence electrons. The van der Waals surface area contributed by atoms with E-state index in [2.05, 4.69) is 39.2 Å². The number of likely N-dealkylation sites (tertiary alicyclic amines) is 2. The lowest BCUT2D eigenvalue weighted by Gasteiger charge is -2.25. The van der Waals surface area contributed by atoms with Crippen LogP contribution in [0.2, 0.25) is 0 Å². The number of aryl methyl sites for hydroxylation is 1. The number of carbonyl (C=O) groups is 1. The number of amides is 1.